The van der Waals surface area contributed by atoms with Crippen LogP contribution in [-0.2, 0) is 6.42 Å². The van der Waals surface area contributed by atoms with Gasteiger partial charge < -0.3 is 4.74 Å². The number of rotatable bonds is 5. The fraction of sp³-hybridized carbons (Fsp3) is 0.235. The fourth-order valence-electron chi connectivity index (χ4n) is 1.99. The largest absolute Gasteiger partial charge is 0.457 e. The van der Waals surface area contributed by atoms with Crippen molar-refractivity contribution >= 4 is 0 Å². The Morgan fingerprint density at radius 2 is 1.79 bits per heavy atom. The molecule has 2 aromatic rings. The molecule has 2 heteroatoms. The zero-order valence-corrected chi connectivity index (χ0v) is 11.0. The van der Waals surface area contributed by atoms with Crippen molar-refractivity contribution in [3.8, 4) is 17.6 Å². The Morgan fingerprint density at radius 3 is 2.53 bits per heavy atom. The first-order valence-corrected chi connectivity index (χ1v) is 6.46. The minimum Gasteiger partial charge on any atom is -0.457 e. The summed E-state index contributed by atoms with van der Waals surface area (Å²) in [5.41, 5.74) is 1.20. The number of hydrogen-bond donors (Lipinski definition) is 0. The monoisotopic (exact) mass is 251 g/mol. The Balaban J connectivity index is 2.05. The van der Waals surface area contributed by atoms with Crippen molar-refractivity contribution in [2.75, 3.05) is 0 Å². The molecule has 0 fully saturated rings. The maximum Gasteiger partial charge on any atom is 0.127 e. The van der Waals surface area contributed by atoms with Gasteiger partial charge in [-0.15, -0.1) is 0 Å². The second-order valence-electron chi connectivity index (χ2n) is 4.73. The molecule has 0 aromatic heterocycles. The Bertz CT molecular complexity index is 557. The quantitative estimate of drug-likeness (QED) is 0.779. The van der Waals surface area contributed by atoms with Crippen molar-refractivity contribution in [3.05, 3.63) is 60.2 Å². The molecule has 0 amide bonds. The molecule has 0 saturated heterocycles. The lowest BCUT2D eigenvalue weighted by molar-refractivity contribution is 0.481. The average molecular weight is 251 g/mol. The Labute approximate surface area is 114 Å². The lowest BCUT2D eigenvalue weighted by Crippen LogP contribution is -1.98. The van der Waals surface area contributed by atoms with Gasteiger partial charge in [0.25, 0.3) is 0 Å². The standard InChI is InChI=1S/C17H17NO/c1-14(10-11-18)12-15-6-5-9-17(13-15)19-16-7-3-2-4-8-16/h2-9,13-14H,10,12H2,1H3. The van der Waals surface area contributed by atoms with Crippen molar-refractivity contribution in [2.24, 2.45) is 5.92 Å². The highest BCUT2D eigenvalue weighted by Gasteiger charge is 2.04. The van der Waals surface area contributed by atoms with Crippen LogP contribution in [0, 0.1) is 17.2 Å². The molecule has 0 bridgehead atoms. The Kier molecular flexibility index (Phi) is 4.58. The van der Waals surface area contributed by atoms with Gasteiger partial charge >= 0.3 is 0 Å². The summed E-state index contributed by atoms with van der Waals surface area (Å²) in [7, 11) is 0. The van der Waals surface area contributed by atoms with Crippen molar-refractivity contribution in [1.29, 1.82) is 5.26 Å². The fourth-order valence-corrected chi connectivity index (χ4v) is 1.99. The Morgan fingerprint density at radius 1 is 1.05 bits per heavy atom. The van der Waals surface area contributed by atoms with Gasteiger partial charge in [-0.1, -0.05) is 37.3 Å². The minimum atomic E-state index is 0.372. The van der Waals surface area contributed by atoms with E-state index in [9.17, 15) is 0 Å². The SMILES string of the molecule is CC(CC#N)Cc1cccc(Oc2ccccc2)c1. The molecule has 0 N–H and O–H groups in total. The first-order chi connectivity index (χ1) is 9.28. The highest BCUT2D eigenvalue weighted by molar-refractivity contribution is 5.34. The average Bonchev–Trinajstić information content (AvgIpc) is 2.40. The molecule has 96 valence electrons. The lowest BCUT2D eigenvalue weighted by atomic mass is 9.99. The predicted molar refractivity (Wildman–Crippen MR) is 76.1 cm³/mol. The molecule has 0 heterocycles. The number of ether oxygens (including phenoxy) is 1. The van der Waals surface area contributed by atoms with E-state index in [0.717, 1.165) is 17.9 Å². The number of nitrogens with zero attached hydrogens (tertiary/aromatic N) is 1. The van der Waals surface area contributed by atoms with Crippen molar-refractivity contribution in [3.63, 3.8) is 0 Å². The summed E-state index contributed by atoms with van der Waals surface area (Å²) in [6.07, 6.45) is 1.49. The van der Waals surface area contributed by atoms with E-state index in [0.29, 0.717) is 12.3 Å². The van der Waals surface area contributed by atoms with Crippen LogP contribution in [0.2, 0.25) is 0 Å². The highest BCUT2D eigenvalue weighted by atomic mass is 16.5. The molecule has 0 aliphatic heterocycles. The van der Waals surface area contributed by atoms with Gasteiger partial charge in [-0.25, -0.2) is 0 Å². The zero-order chi connectivity index (χ0) is 13.5. The van der Waals surface area contributed by atoms with Crippen LogP contribution < -0.4 is 4.74 Å². The summed E-state index contributed by atoms with van der Waals surface area (Å²) in [5.74, 6) is 2.05. The first-order valence-electron chi connectivity index (χ1n) is 6.46. The number of hydrogen-bond acceptors (Lipinski definition) is 2. The maximum atomic E-state index is 8.69. The first kappa shape index (κ1) is 13.2. The third-order valence-electron chi connectivity index (χ3n) is 2.90. The van der Waals surface area contributed by atoms with E-state index in [-0.39, 0.29) is 0 Å². The molecule has 2 aromatic carbocycles. The van der Waals surface area contributed by atoms with E-state index < -0.39 is 0 Å². The van der Waals surface area contributed by atoms with E-state index in [1.54, 1.807) is 0 Å². The van der Waals surface area contributed by atoms with Gasteiger partial charge in [0.2, 0.25) is 0 Å². The van der Waals surface area contributed by atoms with Gasteiger partial charge in [0.15, 0.2) is 0 Å². The van der Waals surface area contributed by atoms with Gasteiger partial charge in [0.1, 0.15) is 11.5 Å². The topological polar surface area (TPSA) is 33.0 Å². The molecule has 2 nitrogen and oxygen atoms in total. The van der Waals surface area contributed by atoms with Crippen LogP contribution in [0.5, 0.6) is 11.5 Å². The van der Waals surface area contributed by atoms with E-state index in [4.69, 9.17) is 10.00 Å². The van der Waals surface area contributed by atoms with Crippen LogP contribution in [0.25, 0.3) is 0 Å². The molecule has 0 aliphatic rings. The number of para-hydroxylation sites is 1. The van der Waals surface area contributed by atoms with Gasteiger partial charge in [0, 0.05) is 6.42 Å². The van der Waals surface area contributed by atoms with Crippen LogP contribution in [-0.4, -0.2) is 0 Å². The molecule has 0 saturated carbocycles. The molecule has 19 heavy (non-hydrogen) atoms. The third-order valence-corrected chi connectivity index (χ3v) is 2.90. The molecule has 1 atom stereocenters. The summed E-state index contributed by atoms with van der Waals surface area (Å²) < 4.78 is 5.80. The van der Waals surface area contributed by atoms with Crippen molar-refractivity contribution in [2.45, 2.75) is 19.8 Å². The summed E-state index contributed by atoms with van der Waals surface area (Å²) in [4.78, 5) is 0. The highest BCUT2D eigenvalue weighted by Crippen LogP contribution is 2.23. The molecule has 0 aliphatic carbocycles. The zero-order valence-electron chi connectivity index (χ0n) is 11.0. The predicted octanol–water partition coefficient (Wildman–Crippen LogP) is 4.57. The minimum absolute atomic E-state index is 0.372. The third kappa shape index (κ3) is 4.15. The summed E-state index contributed by atoms with van der Waals surface area (Å²) >= 11 is 0. The lowest BCUT2D eigenvalue weighted by Gasteiger charge is -2.10. The van der Waals surface area contributed by atoms with Crippen LogP contribution in [0.3, 0.4) is 0 Å². The van der Waals surface area contributed by atoms with E-state index in [1.807, 2.05) is 48.5 Å². The van der Waals surface area contributed by atoms with E-state index >= 15 is 0 Å². The smallest absolute Gasteiger partial charge is 0.127 e. The summed E-state index contributed by atoms with van der Waals surface area (Å²) in [6.45, 7) is 2.09. The summed E-state index contributed by atoms with van der Waals surface area (Å²) in [6, 6.07) is 20.0. The van der Waals surface area contributed by atoms with Crippen molar-refractivity contribution in [1.82, 2.24) is 0 Å². The molecular formula is C17H17NO. The van der Waals surface area contributed by atoms with Crippen LogP contribution >= 0.6 is 0 Å². The van der Waals surface area contributed by atoms with E-state index in [1.165, 1.54) is 5.56 Å². The second-order valence-corrected chi connectivity index (χ2v) is 4.73. The van der Waals surface area contributed by atoms with Gasteiger partial charge in [-0.05, 0) is 42.2 Å². The number of nitriles is 1. The van der Waals surface area contributed by atoms with Gasteiger partial charge in [0.05, 0.1) is 6.07 Å². The van der Waals surface area contributed by atoms with Gasteiger partial charge in [-0.2, -0.15) is 5.26 Å². The van der Waals surface area contributed by atoms with E-state index in [2.05, 4.69) is 19.1 Å². The molecule has 1 unspecified atom stereocenters. The molecule has 2 rings (SSSR count). The van der Waals surface area contributed by atoms with Crippen molar-refractivity contribution < 1.29 is 4.74 Å². The maximum absolute atomic E-state index is 8.69. The molecular weight excluding hydrogens is 234 g/mol. The Hall–Kier alpha value is -2.27. The number of benzene rings is 2. The molecule has 0 spiro atoms. The summed E-state index contributed by atoms with van der Waals surface area (Å²) in [5, 5.41) is 8.69. The second kappa shape index (κ2) is 6.61. The van der Waals surface area contributed by atoms with Crippen LogP contribution in [0.1, 0.15) is 18.9 Å². The normalized spacial score (nSPS) is 11.6. The molecule has 0 radical (unpaired) electrons. The van der Waals surface area contributed by atoms with Crippen LogP contribution in [0.4, 0.5) is 0 Å². The van der Waals surface area contributed by atoms with Crippen LogP contribution in [0.15, 0.2) is 54.6 Å². The van der Waals surface area contributed by atoms with Gasteiger partial charge in [-0.3, -0.25) is 0 Å².